The van der Waals surface area contributed by atoms with E-state index in [2.05, 4.69) is 19.9 Å². The molecule has 0 N–H and O–H groups in total. The van der Waals surface area contributed by atoms with Crippen LogP contribution in [0.15, 0.2) is 11.6 Å². The summed E-state index contributed by atoms with van der Waals surface area (Å²) in [7, 11) is 1.40. The maximum Gasteiger partial charge on any atom is 0.309 e. The van der Waals surface area contributed by atoms with E-state index in [1.54, 1.807) is 0 Å². The number of hydrogen-bond acceptors (Lipinski definition) is 6. The summed E-state index contributed by atoms with van der Waals surface area (Å²) in [6.07, 6.45) is 10.1. The molecule has 0 spiro atoms. The number of ether oxygens (including phenoxy) is 3. The largest absolute Gasteiger partial charge is 0.469 e. The number of esters is 3. The number of carbonyl (C=O) groups is 3. The van der Waals surface area contributed by atoms with Crippen molar-refractivity contribution in [2.24, 2.45) is 28.6 Å². The molecule has 7 atom stereocenters. The molecule has 178 valence electrons. The van der Waals surface area contributed by atoms with Gasteiger partial charge in [-0.3, -0.25) is 14.4 Å². The van der Waals surface area contributed by atoms with Gasteiger partial charge >= 0.3 is 17.9 Å². The van der Waals surface area contributed by atoms with Gasteiger partial charge in [-0.25, -0.2) is 0 Å². The molecule has 0 radical (unpaired) electrons. The van der Waals surface area contributed by atoms with Crippen molar-refractivity contribution in [1.29, 1.82) is 0 Å². The fourth-order valence-electron chi connectivity index (χ4n) is 8.13. The van der Waals surface area contributed by atoms with Gasteiger partial charge in [-0.2, -0.15) is 0 Å². The average molecular weight is 447 g/mol. The average Bonchev–Trinajstić information content (AvgIpc) is 2.99. The summed E-state index contributed by atoms with van der Waals surface area (Å²) in [6.45, 7) is 7.58. The molecule has 0 saturated heterocycles. The lowest BCUT2D eigenvalue weighted by atomic mass is 9.46. The van der Waals surface area contributed by atoms with E-state index in [4.69, 9.17) is 14.2 Å². The first-order valence-corrected chi connectivity index (χ1v) is 12.2. The van der Waals surface area contributed by atoms with Gasteiger partial charge in [-0.15, -0.1) is 0 Å². The van der Waals surface area contributed by atoms with Crippen LogP contribution >= 0.6 is 0 Å². The number of hydrogen-bond donors (Lipinski definition) is 0. The molecule has 0 aliphatic heterocycles. The Labute approximate surface area is 191 Å². The zero-order valence-electron chi connectivity index (χ0n) is 20.2. The zero-order chi connectivity index (χ0) is 23.3. The molecule has 0 heterocycles. The molecule has 3 fully saturated rings. The second-order valence-electron chi connectivity index (χ2n) is 11.1. The number of carbonyl (C=O) groups excluding carboxylic acids is 3. The molecule has 0 unspecified atom stereocenters. The van der Waals surface area contributed by atoms with Gasteiger partial charge in [0.1, 0.15) is 11.7 Å². The van der Waals surface area contributed by atoms with Crippen LogP contribution < -0.4 is 0 Å². The lowest BCUT2D eigenvalue weighted by Gasteiger charge is -2.59. The second kappa shape index (κ2) is 8.18. The van der Waals surface area contributed by atoms with Crippen LogP contribution in [0.3, 0.4) is 0 Å². The smallest absolute Gasteiger partial charge is 0.309 e. The van der Waals surface area contributed by atoms with Gasteiger partial charge < -0.3 is 14.2 Å². The van der Waals surface area contributed by atoms with Crippen LogP contribution in [0.25, 0.3) is 0 Å². The van der Waals surface area contributed by atoms with E-state index in [1.165, 1.54) is 26.5 Å². The first-order chi connectivity index (χ1) is 15.0. The fraction of sp³-hybridized carbons (Fsp3) is 0.808. The highest BCUT2D eigenvalue weighted by Crippen LogP contribution is 2.68. The molecule has 6 nitrogen and oxygen atoms in total. The van der Waals surface area contributed by atoms with E-state index >= 15 is 0 Å². The van der Waals surface area contributed by atoms with E-state index in [0.717, 1.165) is 44.9 Å². The number of allylic oxidation sites excluding steroid dienone is 1. The molecule has 4 aliphatic rings. The van der Waals surface area contributed by atoms with Crippen molar-refractivity contribution in [2.45, 2.75) is 97.2 Å². The minimum atomic E-state index is -0.778. The summed E-state index contributed by atoms with van der Waals surface area (Å²) in [4.78, 5) is 35.9. The second-order valence-corrected chi connectivity index (χ2v) is 11.1. The van der Waals surface area contributed by atoms with Crippen molar-refractivity contribution < 1.29 is 28.6 Å². The molecular formula is C26H38O6. The van der Waals surface area contributed by atoms with Crippen LogP contribution in [0.1, 0.15) is 85.5 Å². The van der Waals surface area contributed by atoms with Gasteiger partial charge in [0.25, 0.3) is 0 Å². The number of methoxy groups -OCH3 is 1. The van der Waals surface area contributed by atoms with Crippen molar-refractivity contribution in [3.63, 3.8) is 0 Å². The third-order valence-electron chi connectivity index (χ3n) is 9.68. The summed E-state index contributed by atoms with van der Waals surface area (Å²) in [5.74, 6) is 0.676. The fourth-order valence-corrected chi connectivity index (χ4v) is 8.13. The van der Waals surface area contributed by atoms with Crippen molar-refractivity contribution >= 4 is 17.9 Å². The van der Waals surface area contributed by atoms with Gasteiger partial charge in [0.05, 0.1) is 13.5 Å². The normalized spacial score (nSPS) is 42.6. The molecule has 3 saturated carbocycles. The molecule has 4 aliphatic carbocycles. The third kappa shape index (κ3) is 3.58. The Kier molecular flexibility index (Phi) is 5.96. The zero-order valence-corrected chi connectivity index (χ0v) is 20.2. The van der Waals surface area contributed by atoms with Crippen molar-refractivity contribution in [3.05, 3.63) is 11.6 Å². The van der Waals surface area contributed by atoms with Gasteiger partial charge in [-0.1, -0.05) is 25.5 Å². The van der Waals surface area contributed by atoms with Crippen LogP contribution in [-0.2, 0) is 28.6 Å². The van der Waals surface area contributed by atoms with E-state index in [0.29, 0.717) is 24.2 Å². The van der Waals surface area contributed by atoms with Crippen LogP contribution in [0.5, 0.6) is 0 Å². The highest BCUT2D eigenvalue weighted by atomic mass is 16.6. The predicted molar refractivity (Wildman–Crippen MR) is 118 cm³/mol. The van der Waals surface area contributed by atoms with E-state index in [1.807, 2.05) is 0 Å². The van der Waals surface area contributed by atoms with Gasteiger partial charge in [0, 0.05) is 25.7 Å². The molecule has 0 bridgehead atoms. The van der Waals surface area contributed by atoms with Gasteiger partial charge in [-0.05, 0) is 68.1 Å². The highest BCUT2D eigenvalue weighted by molar-refractivity contribution is 5.73. The SMILES string of the molecule is COC(=O)C[C@]1(OC(C)=O)CC[C@@H]2[C@@H]3CC=C4C[C@H](OC(C)=O)CC[C@]4(C)[C@@H]3CC[C@@]21C. The van der Waals surface area contributed by atoms with E-state index in [9.17, 15) is 14.4 Å². The van der Waals surface area contributed by atoms with Gasteiger partial charge in [0.2, 0.25) is 0 Å². The van der Waals surface area contributed by atoms with E-state index < -0.39 is 5.60 Å². The van der Waals surface area contributed by atoms with Crippen LogP contribution in [0.2, 0.25) is 0 Å². The lowest BCUT2D eigenvalue weighted by molar-refractivity contribution is -0.188. The molecule has 6 heteroatoms. The number of rotatable bonds is 4. The van der Waals surface area contributed by atoms with Crippen molar-refractivity contribution in [2.75, 3.05) is 7.11 Å². The summed E-state index contributed by atoms with van der Waals surface area (Å²) in [5, 5.41) is 0. The Morgan fingerprint density at radius 1 is 1.00 bits per heavy atom. The summed E-state index contributed by atoms with van der Waals surface area (Å²) in [6, 6.07) is 0. The van der Waals surface area contributed by atoms with Crippen LogP contribution in [0.4, 0.5) is 0 Å². The topological polar surface area (TPSA) is 78.9 Å². The predicted octanol–water partition coefficient (Wildman–Crippen LogP) is 4.75. The monoisotopic (exact) mass is 446 g/mol. The maximum atomic E-state index is 12.3. The van der Waals surface area contributed by atoms with Crippen LogP contribution in [-0.4, -0.2) is 36.7 Å². The molecule has 0 aromatic carbocycles. The Morgan fingerprint density at radius 3 is 2.38 bits per heavy atom. The van der Waals surface area contributed by atoms with Gasteiger partial charge in [0.15, 0.2) is 0 Å². The standard InChI is InChI=1S/C26H38O6/c1-16(27)31-19-8-11-24(3)18(14-19)6-7-20-21(24)9-12-25(4)22(20)10-13-26(25,32-17(2)28)15-23(29)30-5/h6,19-22H,7-15H2,1-5H3/t19-,20-,21-,22-,24+,25+,26-/m1/s1. The molecule has 0 amide bonds. The summed E-state index contributed by atoms with van der Waals surface area (Å²) in [5.41, 5.74) is 0.582. The third-order valence-corrected chi connectivity index (χ3v) is 9.68. The first kappa shape index (κ1) is 23.3. The Hall–Kier alpha value is -1.85. The minimum Gasteiger partial charge on any atom is -0.469 e. The summed E-state index contributed by atoms with van der Waals surface area (Å²) >= 11 is 0. The number of fused-ring (bicyclic) bond motifs is 5. The quantitative estimate of drug-likeness (QED) is 0.352. The van der Waals surface area contributed by atoms with Crippen molar-refractivity contribution in [1.82, 2.24) is 0 Å². The highest BCUT2D eigenvalue weighted by Gasteiger charge is 2.66. The molecule has 32 heavy (non-hydrogen) atoms. The minimum absolute atomic E-state index is 0.000356. The maximum absolute atomic E-state index is 12.3. The lowest BCUT2D eigenvalue weighted by Crippen LogP contribution is -2.56. The molecule has 0 aromatic rings. The Balaban J connectivity index is 1.62. The molecule has 0 aromatic heterocycles. The van der Waals surface area contributed by atoms with Crippen molar-refractivity contribution in [3.8, 4) is 0 Å². The Bertz CT molecular complexity index is 832. The first-order valence-electron chi connectivity index (χ1n) is 12.2. The Morgan fingerprint density at radius 2 is 1.72 bits per heavy atom. The summed E-state index contributed by atoms with van der Waals surface area (Å²) < 4.78 is 16.5. The molecular weight excluding hydrogens is 408 g/mol. The van der Waals surface area contributed by atoms with E-state index in [-0.39, 0.29) is 41.3 Å². The molecule has 4 rings (SSSR count). The van der Waals surface area contributed by atoms with Crippen LogP contribution in [0, 0.1) is 28.6 Å².